The van der Waals surface area contributed by atoms with Crippen LogP contribution in [0, 0.1) is 0 Å². The molecule has 0 saturated carbocycles. The maximum Gasteiger partial charge on any atom is 0.417 e. The Labute approximate surface area is 187 Å². The van der Waals surface area contributed by atoms with Crippen molar-refractivity contribution in [2.24, 2.45) is 4.99 Å². The maximum absolute atomic E-state index is 13.0. The highest BCUT2D eigenvalue weighted by atomic mass is 35.5. The summed E-state index contributed by atoms with van der Waals surface area (Å²) in [4.78, 5) is 20.7. The van der Waals surface area contributed by atoms with E-state index >= 15 is 0 Å². The number of halogens is 4. The highest BCUT2D eigenvalue weighted by Gasteiger charge is 2.33. The Hall–Kier alpha value is -3.20. The monoisotopic (exact) mass is 464 g/mol. The second-order valence-electron chi connectivity index (χ2n) is 7.48. The van der Waals surface area contributed by atoms with Crippen molar-refractivity contribution in [1.82, 2.24) is 15.1 Å². The predicted octanol–water partition coefficient (Wildman–Crippen LogP) is 4.27. The minimum Gasteiger partial charge on any atom is -0.457 e. The van der Waals surface area contributed by atoms with Crippen molar-refractivity contribution < 1.29 is 22.7 Å². The first-order chi connectivity index (χ1) is 15.2. The zero-order valence-electron chi connectivity index (χ0n) is 17.1. The molecule has 168 valence electrons. The average molecular weight is 465 g/mol. The number of hydrogen-bond acceptors (Lipinski definition) is 5. The van der Waals surface area contributed by atoms with E-state index in [0.29, 0.717) is 24.7 Å². The van der Waals surface area contributed by atoms with Crippen molar-refractivity contribution in [3.05, 3.63) is 70.5 Å². The number of nitrogens with one attached hydrogen (secondary N) is 1. The van der Waals surface area contributed by atoms with Crippen LogP contribution in [0.15, 0.2) is 59.4 Å². The smallest absolute Gasteiger partial charge is 0.417 e. The van der Waals surface area contributed by atoms with Gasteiger partial charge in [0.05, 0.1) is 23.7 Å². The largest absolute Gasteiger partial charge is 0.457 e. The number of carbonyl (C=O) groups excluding carboxylic acids is 1. The minimum absolute atomic E-state index is 0.0350. The number of hydrogen-bond donors (Lipinski definition) is 1. The summed E-state index contributed by atoms with van der Waals surface area (Å²) in [6, 6.07) is 10.2. The van der Waals surface area contributed by atoms with Crippen molar-refractivity contribution in [1.29, 1.82) is 0 Å². The zero-order valence-corrected chi connectivity index (χ0v) is 17.9. The molecule has 2 aliphatic heterocycles. The molecule has 0 radical (unpaired) electrons. The molecule has 0 atom stereocenters. The quantitative estimate of drug-likeness (QED) is 0.734. The molecule has 1 amide bonds. The summed E-state index contributed by atoms with van der Waals surface area (Å²) in [5.74, 6) is 1.74. The van der Waals surface area contributed by atoms with Crippen LogP contribution in [0.5, 0.6) is 11.5 Å². The Bertz CT molecular complexity index is 1080. The summed E-state index contributed by atoms with van der Waals surface area (Å²) in [7, 11) is 1.97. The van der Waals surface area contributed by atoms with E-state index in [9.17, 15) is 18.0 Å². The second-order valence-corrected chi connectivity index (χ2v) is 7.89. The van der Waals surface area contributed by atoms with Gasteiger partial charge in [-0.25, -0.2) is 0 Å². The highest BCUT2D eigenvalue weighted by Crippen LogP contribution is 2.37. The van der Waals surface area contributed by atoms with Gasteiger partial charge in [-0.15, -0.1) is 0 Å². The summed E-state index contributed by atoms with van der Waals surface area (Å²) in [5.41, 5.74) is -0.0967. The molecule has 4 rings (SSSR count). The third-order valence-corrected chi connectivity index (χ3v) is 5.45. The van der Waals surface area contributed by atoms with Gasteiger partial charge in [-0.2, -0.15) is 13.2 Å². The van der Waals surface area contributed by atoms with Crippen molar-refractivity contribution in [3.8, 4) is 11.5 Å². The Morgan fingerprint density at radius 3 is 2.56 bits per heavy atom. The molecule has 0 spiro atoms. The van der Waals surface area contributed by atoms with Gasteiger partial charge in [0, 0.05) is 26.2 Å². The Morgan fingerprint density at radius 1 is 1.12 bits per heavy atom. The fourth-order valence-corrected chi connectivity index (χ4v) is 3.69. The van der Waals surface area contributed by atoms with Crippen molar-refractivity contribution in [2.75, 3.05) is 26.7 Å². The molecule has 1 saturated heterocycles. The first-order valence-corrected chi connectivity index (χ1v) is 10.2. The Balaban J connectivity index is 1.45. The Kier molecular flexibility index (Phi) is 6.01. The van der Waals surface area contributed by atoms with Crippen LogP contribution in [0.1, 0.15) is 11.1 Å². The second kappa shape index (κ2) is 8.74. The fourth-order valence-electron chi connectivity index (χ4n) is 3.46. The number of amidine groups is 1. The number of amides is 1. The molecule has 0 bridgehead atoms. The first-order valence-electron chi connectivity index (χ1n) is 9.85. The molecular formula is C22H20ClF3N4O2. The average Bonchev–Trinajstić information content (AvgIpc) is 2.97. The number of ether oxygens (including phenoxy) is 1. The van der Waals surface area contributed by atoms with E-state index in [1.165, 1.54) is 6.07 Å². The summed E-state index contributed by atoms with van der Waals surface area (Å²) in [6.45, 7) is 2.26. The molecule has 2 aromatic carbocycles. The van der Waals surface area contributed by atoms with Gasteiger partial charge in [0.1, 0.15) is 23.2 Å². The molecule has 1 N–H and O–H groups in total. The van der Waals surface area contributed by atoms with Gasteiger partial charge in [-0.05, 0) is 35.9 Å². The van der Waals surface area contributed by atoms with Crippen LogP contribution in [0.3, 0.4) is 0 Å². The lowest BCUT2D eigenvalue weighted by atomic mass is 10.2. The molecule has 2 aliphatic rings. The van der Waals surface area contributed by atoms with E-state index in [-0.39, 0.29) is 16.7 Å². The number of benzene rings is 2. The minimum atomic E-state index is -4.56. The molecular weight excluding hydrogens is 445 g/mol. The number of aliphatic imine (C=N–C) groups is 1. The summed E-state index contributed by atoms with van der Waals surface area (Å²) >= 11 is 5.64. The topological polar surface area (TPSA) is 57.2 Å². The Morgan fingerprint density at radius 2 is 1.84 bits per heavy atom. The maximum atomic E-state index is 13.0. The van der Waals surface area contributed by atoms with E-state index in [1.807, 2.05) is 18.0 Å². The van der Waals surface area contributed by atoms with Gasteiger partial charge in [0.2, 0.25) is 5.91 Å². The third kappa shape index (κ3) is 4.99. The summed E-state index contributed by atoms with van der Waals surface area (Å²) < 4.78 is 44.6. The van der Waals surface area contributed by atoms with Gasteiger partial charge < -0.3 is 19.9 Å². The SMILES string of the molecule is CN1CCN2CC(=O)NC(=NCc3ccc(Oc4ccc(Cl)c(C(F)(F)F)c4)cc3)C=C12. The van der Waals surface area contributed by atoms with E-state index in [2.05, 4.69) is 15.2 Å². The lowest BCUT2D eigenvalue weighted by Gasteiger charge is -2.18. The number of nitrogens with zero attached hydrogens (tertiary/aromatic N) is 3. The molecule has 0 aromatic heterocycles. The standard InChI is InChI=1S/C22H20ClF3N4O2/c1-29-8-9-30-13-20(31)28-19(11-21(29)30)27-12-14-2-4-15(5-3-14)32-16-6-7-18(23)17(10-16)22(24,25)26/h2-7,10-11H,8-9,12-13H2,1H3,(H,27,28,31). The molecule has 2 aromatic rings. The lowest BCUT2D eigenvalue weighted by molar-refractivity contribution is -0.137. The summed E-state index contributed by atoms with van der Waals surface area (Å²) in [6.07, 6.45) is -2.71. The number of likely N-dealkylation sites (N-methyl/N-ethyl adjacent to an activating group) is 1. The highest BCUT2D eigenvalue weighted by molar-refractivity contribution is 6.31. The van der Waals surface area contributed by atoms with Crippen molar-refractivity contribution in [2.45, 2.75) is 12.7 Å². The van der Waals surface area contributed by atoms with E-state index < -0.39 is 11.7 Å². The summed E-state index contributed by atoms with van der Waals surface area (Å²) in [5, 5.41) is 2.42. The molecule has 0 unspecified atom stereocenters. The number of rotatable bonds is 4. The van der Waals surface area contributed by atoms with Crippen LogP contribution in [0.2, 0.25) is 5.02 Å². The van der Waals surface area contributed by atoms with Crippen molar-refractivity contribution >= 4 is 23.3 Å². The van der Waals surface area contributed by atoms with Crippen LogP contribution in [0.25, 0.3) is 0 Å². The third-order valence-electron chi connectivity index (χ3n) is 5.12. The van der Waals surface area contributed by atoms with Gasteiger partial charge >= 0.3 is 6.18 Å². The molecule has 0 aliphatic carbocycles. The van der Waals surface area contributed by atoms with E-state index in [4.69, 9.17) is 16.3 Å². The van der Waals surface area contributed by atoms with E-state index in [1.54, 1.807) is 24.3 Å². The van der Waals surface area contributed by atoms with Crippen LogP contribution in [-0.2, 0) is 17.5 Å². The number of fused-ring (bicyclic) bond motifs is 1. The van der Waals surface area contributed by atoms with Gasteiger partial charge in [0.15, 0.2) is 0 Å². The van der Waals surface area contributed by atoms with Crippen LogP contribution in [-0.4, -0.2) is 48.2 Å². The lowest BCUT2D eigenvalue weighted by Crippen LogP contribution is -2.34. The zero-order chi connectivity index (χ0) is 22.9. The molecule has 10 heteroatoms. The number of alkyl halides is 3. The molecule has 1 fully saturated rings. The van der Waals surface area contributed by atoms with Crippen molar-refractivity contribution in [3.63, 3.8) is 0 Å². The predicted molar refractivity (Wildman–Crippen MR) is 115 cm³/mol. The molecule has 6 nitrogen and oxygen atoms in total. The fraction of sp³-hybridized carbons (Fsp3) is 0.273. The van der Waals surface area contributed by atoms with Crippen LogP contribution < -0.4 is 10.1 Å². The van der Waals surface area contributed by atoms with Gasteiger partial charge in [-0.3, -0.25) is 9.79 Å². The molecule has 2 heterocycles. The molecule has 32 heavy (non-hydrogen) atoms. The van der Waals surface area contributed by atoms with E-state index in [0.717, 1.165) is 36.6 Å². The van der Waals surface area contributed by atoms with Crippen LogP contribution in [0.4, 0.5) is 13.2 Å². The van der Waals surface area contributed by atoms with Gasteiger partial charge in [-0.1, -0.05) is 23.7 Å². The normalized spacial score (nSPS) is 17.7. The van der Waals surface area contributed by atoms with Gasteiger partial charge in [0.25, 0.3) is 0 Å². The first kappa shape index (κ1) is 22.0. The number of carbonyl (C=O) groups is 1. The van der Waals surface area contributed by atoms with Crippen LogP contribution >= 0.6 is 11.6 Å².